The number of ether oxygens (including phenoxy) is 1. The Labute approximate surface area is 145 Å². The summed E-state index contributed by atoms with van der Waals surface area (Å²) in [6, 6.07) is 15.4. The van der Waals surface area contributed by atoms with Crippen LogP contribution in [0, 0.1) is 17.1 Å². The fraction of sp³-hybridized carbons (Fsp3) is 0.263. The van der Waals surface area contributed by atoms with E-state index in [2.05, 4.69) is 0 Å². The first kappa shape index (κ1) is 16.8. The molecule has 3 rings (SSSR count). The van der Waals surface area contributed by atoms with E-state index in [1.807, 2.05) is 11.0 Å². The van der Waals surface area contributed by atoms with Crippen LogP contribution < -0.4 is 9.64 Å². The number of hydrogen-bond donors (Lipinski definition) is 0. The molecule has 0 spiro atoms. The minimum atomic E-state index is -0.247. The molecule has 2 aromatic rings. The average Bonchev–Trinajstić information content (AvgIpc) is 2.67. The standard InChI is InChI=1S/C19H18FN3O2/c20-17-6-1-2-7-18(17)22-8-10-23(11-9-22)19(24)14-25-16-5-3-4-15(12-16)13-21/h1-7,12H,8-11,14H2. The summed E-state index contributed by atoms with van der Waals surface area (Å²) >= 11 is 0. The zero-order chi connectivity index (χ0) is 17.6. The lowest BCUT2D eigenvalue weighted by molar-refractivity contribution is -0.133. The number of halogens is 1. The molecule has 0 unspecified atom stereocenters. The molecule has 2 aromatic carbocycles. The van der Waals surface area contributed by atoms with Gasteiger partial charge >= 0.3 is 0 Å². The number of rotatable bonds is 4. The summed E-state index contributed by atoms with van der Waals surface area (Å²) in [4.78, 5) is 15.9. The Morgan fingerprint density at radius 2 is 1.88 bits per heavy atom. The van der Waals surface area contributed by atoms with Gasteiger partial charge in [-0.2, -0.15) is 5.26 Å². The van der Waals surface area contributed by atoms with Crippen LogP contribution in [0.3, 0.4) is 0 Å². The summed E-state index contributed by atoms with van der Waals surface area (Å²) in [7, 11) is 0. The predicted octanol–water partition coefficient (Wildman–Crippen LogP) is 2.42. The molecular weight excluding hydrogens is 321 g/mol. The highest BCUT2D eigenvalue weighted by Crippen LogP contribution is 2.20. The van der Waals surface area contributed by atoms with Crippen LogP contribution in [0.15, 0.2) is 48.5 Å². The van der Waals surface area contributed by atoms with E-state index in [9.17, 15) is 9.18 Å². The molecule has 1 aliphatic rings. The summed E-state index contributed by atoms with van der Waals surface area (Å²) in [5, 5.41) is 8.87. The Morgan fingerprint density at radius 3 is 2.60 bits per heavy atom. The normalized spacial score (nSPS) is 14.1. The van der Waals surface area contributed by atoms with Crippen LogP contribution in [0.4, 0.5) is 10.1 Å². The van der Waals surface area contributed by atoms with Crippen molar-refractivity contribution in [2.75, 3.05) is 37.7 Å². The van der Waals surface area contributed by atoms with Crippen LogP contribution >= 0.6 is 0 Å². The molecule has 1 saturated heterocycles. The number of nitrogens with zero attached hydrogens (tertiary/aromatic N) is 3. The van der Waals surface area contributed by atoms with Crippen LogP contribution in [-0.4, -0.2) is 43.6 Å². The van der Waals surface area contributed by atoms with Crippen molar-refractivity contribution in [2.45, 2.75) is 0 Å². The third kappa shape index (κ3) is 4.07. The highest BCUT2D eigenvalue weighted by atomic mass is 19.1. The quantitative estimate of drug-likeness (QED) is 0.858. The molecule has 25 heavy (non-hydrogen) atoms. The maximum absolute atomic E-state index is 13.8. The Bertz CT molecular complexity index is 795. The zero-order valence-electron chi connectivity index (χ0n) is 13.7. The number of hydrogen-bond acceptors (Lipinski definition) is 4. The van der Waals surface area contributed by atoms with Crippen molar-refractivity contribution in [3.63, 3.8) is 0 Å². The van der Waals surface area contributed by atoms with E-state index < -0.39 is 0 Å². The second-order valence-corrected chi connectivity index (χ2v) is 5.75. The SMILES string of the molecule is N#Cc1cccc(OCC(=O)N2CCN(c3ccccc3F)CC2)c1. The molecule has 0 saturated carbocycles. The van der Waals surface area contributed by atoms with Crippen LogP contribution in [0.1, 0.15) is 5.56 Å². The van der Waals surface area contributed by atoms with E-state index in [-0.39, 0.29) is 18.3 Å². The van der Waals surface area contributed by atoms with Crippen molar-refractivity contribution >= 4 is 11.6 Å². The molecule has 5 nitrogen and oxygen atoms in total. The number of benzene rings is 2. The molecule has 0 atom stereocenters. The lowest BCUT2D eigenvalue weighted by atomic mass is 10.2. The van der Waals surface area contributed by atoms with E-state index >= 15 is 0 Å². The predicted molar refractivity (Wildman–Crippen MR) is 91.8 cm³/mol. The third-order valence-corrected chi connectivity index (χ3v) is 4.15. The van der Waals surface area contributed by atoms with Crippen LogP contribution in [0.5, 0.6) is 5.75 Å². The molecule has 0 aromatic heterocycles. The first-order chi connectivity index (χ1) is 12.2. The molecule has 1 aliphatic heterocycles. The molecule has 1 amide bonds. The summed E-state index contributed by atoms with van der Waals surface area (Å²) in [6.45, 7) is 2.13. The lowest BCUT2D eigenvalue weighted by Crippen LogP contribution is -2.50. The van der Waals surface area contributed by atoms with Gasteiger partial charge in [0.15, 0.2) is 6.61 Å². The molecule has 1 heterocycles. The molecule has 1 fully saturated rings. The van der Waals surface area contributed by atoms with E-state index in [4.69, 9.17) is 10.00 Å². The first-order valence-corrected chi connectivity index (χ1v) is 8.07. The molecule has 0 aliphatic carbocycles. The van der Waals surface area contributed by atoms with Gasteiger partial charge in [0.2, 0.25) is 0 Å². The number of piperazine rings is 1. The number of amides is 1. The van der Waals surface area contributed by atoms with Gasteiger partial charge in [0.1, 0.15) is 11.6 Å². The number of nitriles is 1. The molecule has 6 heteroatoms. The van der Waals surface area contributed by atoms with Crippen molar-refractivity contribution in [3.8, 4) is 11.8 Å². The summed E-state index contributed by atoms with van der Waals surface area (Å²) in [5.74, 6) is 0.135. The minimum absolute atomic E-state index is 0.0748. The van der Waals surface area contributed by atoms with Gasteiger partial charge in [-0.1, -0.05) is 18.2 Å². The van der Waals surface area contributed by atoms with Crippen LogP contribution in [-0.2, 0) is 4.79 Å². The Hall–Kier alpha value is -3.07. The highest BCUT2D eigenvalue weighted by molar-refractivity contribution is 5.78. The van der Waals surface area contributed by atoms with Crippen molar-refractivity contribution in [1.29, 1.82) is 5.26 Å². The average molecular weight is 339 g/mol. The Kier molecular flexibility index (Phi) is 5.14. The second-order valence-electron chi connectivity index (χ2n) is 5.75. The summed E-state index contributed by atoms with van der Waals surface area (Å²) in [5.41, 5.74) is 1.06. The molecule has 0 radical (unpaired) electrons. The van der Waals surface area contributed by atoms with E-state index in [1.54, 1.807) is 47.4 Å². The maximum Gasteiger partial charge on any atom is 0.260 e. The number of carbonyl (C=O) groups excluding carboxylic acids is 1. The number of para-hydroxylation sites is 1. The molecular formula is C19H18FN3O2. The third-order valence-electron chi connectivity index (χ3n) is 4.15. The smallest absolute Gasteiger partial charge is 0.260 e. The van der Waals surface area contributed by atoms with Gasteiger partial charge in [-0.25, -0.2) is 4.39 Å². The first-order valence-electron chi connectivity index (χ1n) is 8.07. The van der Waals surface area contributed by atoms with Crippen LogP contribution in [0.2, 0.25) is 0 Å². The lowest BCUT2D eigenvalue weighted by Gasteiger charge is -2.36. The van der Waals surface area contributed by atoms with Gasteiger partial charge in [-0.3, -0.25) is 4.79 Å². The summed E-state index contributed by atoms with van der Waals surface area (Å²) in [6.07, 6.45) is 0. The van der Waals surface area contributed by atoms with E-state index in [1.165, 1.54) is 6.07 Å². The fourth-order valence-electron chi connectivity index (χ4n) is 2.80. The largest absolute Gasteiger partial charge is 0.484 e. The Morgan fingerprint density at radius 1 is 1.12 bits per heavy atom. The summed E-state index contributed by atoms with van der Waals surface area (Å²) < 4.78 is 19.3. The van der Waals surface area contributed by atoms with E-state index in [0.717, 1.165) is 0 Å². The van der Waals surface area contributed by atoms with Gasteiger partial charge in [-0.05, 0) is 30.3 Å². The monoisotopic (exact) mass is 339 g/mol. The van der Waals surface area contributed by atoms with Crippen molar-refractivity contribution in [1.82, 2.24) is 4.90 Å². The zero-order valence-corrected chi connectivity index (χ0v) is 13.7. The maximum atomic E-state index is 13.8. The van der Waals surface area contributed by atoms with Gasteiger partial charge in [-0.15, -0.1) is 0 Å². The van der Waals surface area contributed by atoms with Gasteiger partial charge in [0, 0.05) is 26.2 Å². The van der Waals surface area contributed by atoms with Gasteiger partial charge in [0.05, 0.1) is 17.3 Å². The number of carbonyl (C=O) groups is 1. The van der Waals surface area contributed by atoms with E-state index in [0.29, 0.717) is 43.2 Å². The Balaban J connectivity index is 1.52. The second kappa shape index (κ2) is 7.67. The van der Waals surface area contributed by atoms with Crippen LogP contribution in [0.25, 0.3) is 0 Å². The molecule has 0 bridgehead atoms. The molecule has 0 N–H and O–H groups in total. The van der Waals surface area contributed by atoms with Crippen molar-refractivity contribution in [3.05, 3.63) is 59.9 Å². The fourth-order valence-corrected chi connectivity index (χ4v) is 2.80. The van der Waals surface area contributed by atoms with Gasteiger partial charge < -0.3 is 14.5 Å². The van der Waals surface area contributed by atoms with Crippen molar-refractivity contribution in [2.24, 2.45) is 0 Å². The van der Waals surface area contributed by atoms with Gasteiger partial charge in [0.25, 0.3) is 5.91 Å². The van der Waals surface area contributed by atoms with Crippen molar-refractivity contribution < 1.29 is 13.9 Å². The topological polar surface area (TPSA) is 56.6 Å². The molecule has 128 valence electrons. The minimum Gasteiger partial charge on any atom is -0.484 e. The number of anilines is 1. The highest BCUT2D eigenvalue weighted by Gasteiger charge is 2.22.